The molecular formula is C25H25F2N5O. The number of aromatic nitrogens is 4. The molecule has 170 valence electrons. The second kappa shape index (κ2) is 8.42. The molecule has 1 atom stereocenters. The molecule has 3 heterocycles. The zero-order valence-electron chi connectivity index (χ0n) is 18.5. The van der Waals surface area contributed by atoms with Crippen molar-refractivity contribution in [1.29, 1.82) is 0 Å². The third-order valence-corrected chi connectivity index (χ3v) is 6.10. The van der Waals surface area contributed by atoms with E-state index in [0.717, 1.165) is 24.1 Å². The zero-order chi connectivity index (χ0) is 23.1. The van der Waals surface area contributed by atoms with E-state index < -0.39 is 6.43 Å². The average Bonchev–Trinajstić information content (AvgIpc) is 3.41. The van der Waals surface area contributed by atoms with Crippen LogP contribution in [0.3, 0.4) is 0 Å². The number of amides is 1. The Bertz CT molecular complexity index is 1310. The maximum absolute atomic E-state index is 13.8. The van der Waals surface area contributed by atoms with Gasteiger partial charge in [0.2, 0.25) is 5.91 Å². The summed E-state index contributed by atoms with van der Waals surface area (Å²) in [6, 6.07) is 13.1. The fourth-order valence-corrected chi connectivity index (χ4v) is 4.25. The number of fused-ring (bicyclic) bond motifs is 1. The highest BCUT2D eigenvalue weighted by Crippen LogP contribution is 2.41. The van der Waals surface area contributed by atoms with Crippen molar-refractivity contribution in [1.82, 2.24) is 24.6 Å². The maximum Gasteiger partial charge on any atom is 0.264 e. The molecule has 1 amide bonds. The number of nitrogens with zero attached hydrogens (tertiary/aromatic N) is 4. The molecule has 1 aliphatic rings. The average molecular weight is 450 g/mol. The number of nitrogens with one attached hydrogen (secondary N) is 1. The number of halogens is 2. The number of hydrogen-bond donors (Lipinski definition) is 1. The molecule has 8 heteroatoms. The lowest BCUT2D eigenvalue weighted by atomic mass is 10.1. The van der Waals surface area contributed by atoms with Crippen LogP contribution >= 0.6 is 0 Å². The molecule has 0 spiro atoms. The van der Waals surface area contributed by atoms with E-state index in [1.165, 1.54) is 10.7 Å². The molecular weight excluding hydrogens is 424 g/mol. The fourth-order valence-electron chi connectivity index (χ4n) is 4.25. The maximum atomic E-state index is 13.8. The van der Waals surface area contributed by atoms with Gasteiger partial charge >= 0.3 is 0 Å². The number of pyridine rings is 1. The van der Waals surface area contributed by atoms with E-state index in [1.807, 2.05) is 60.3 Å². The lowest BCUT2D eigenvalue weighted by molar-refractivity contribution is -0.122. The third kappa shape index (κ3) is 4.25. The summed E-state index contributed by atoms with van der Waals surface area (Å²) >= 11 is 0. The van der Waals surface area contributed by atoms with Gasteiger partial charge in [-0.1, -0.05) is 12.1 Å². The minimum absolute atomic E-state index is 0.0544. The SMILES string of the molecule is Cc1nn(CC(=O)NC(C)c2cccc(-n3cccc3)c2)c2nc(C3CC3)cc(C(F)F)c12. The Morgan fingerprint density at radius 1 is 1.18 bits per heavy atom. The van der Waals surface area contributed by atoms with Crippen LogP contribution in [0.5, 0.6) is 0 Å². The van der Waals surface area contributed by atoms with Crippen LogP contribution in [0.25, 0.3) is 16.7 Å². The van der Waals surface area contributed by atoms with Crippen molar-refractivity contribution in [2.24, 2.45) is 0 Å². The molecule has 1 unspecified atom stereocenters. The first-order valence-corrected chi connectivity index (χ1v) is 11.1. The Hall–Kier alpha value is -3.55. The van der Waals surface area contributed by atoms with Crippen LogP contribution < -0.4 is 5.32 Å². The largest absolute Gasteiger partial charge is 0.348 e. The van der Waals surface area contributed by atoms with Crippen molar-refractivity contribution in [3.8, 4) is 5.69 Å². The molecule has 0 saturated heterocycles. The first kappa shape index (κ1) is 21.3. The quantitative estimate of drug-likeness (QED) is 0.421. The Labute approximate surface area is 190 Å². The monoisotopic (exact) mass is 449 g/mol. The Kier molecular flexibility index (Phi) is 5.44. The topological polar surface area (TPSA) is 64.7 Å². The van der Waals surface area contributed by atoms with Crippen molar-refractivity contribution in [3.63, 3.8) is 0 Å². The predicted molar refractivity (Wildman–Crippen MR) is 122 cm³/mol. The first-order chi connectivity index (χ1) is 15.9. The van der Waals surface area contributed by atoms with Gasteiger partial charge in [-0.2, -0.15) is 5.10 Å². The molecule has 1 N–H and O–H groups in total. The summed E-state index contributed by atoms with van der Waals surface area (Å²) in [7, 11) is 0. The molecule has 3 aromatic heterocycles. The Morgan fingerprint density at radius 2 is 1.94 bits per heavy atom. The van der Waals surface area contributed by atoms with E-state index in [9.17, 15) is 13.6 Å². The van der Waals surface area contributed by atoms with Crippen molar-refractivity contribution in [3.05, 3.63) is 77.4 Å². The van der Waals surface area contributed by atoms with Gasteiger partial charge in [0, 0.05) is 35.3 Å². The standard InChI is InChI=1S/C25H25F2N5O/c1-15(18-6-5-7-19(12-18)31-10-3-4-11-31)28-22(33)14-32-25-23(16(2)30-32)20(24(26)27)13-21(29-25)17-8-9-17/h3-7,10-13,15,17,24H,8-9,14H2,1-2H3,(H,28,33). The van der Waals surface area contributed by atoms with Crippen molar-refractivity contribution in [2.75, 3.05) is 0 Å². The summed E-state index contributed by atoms with van der Waals surface area (Å²) < 4.78 is 31.0. The van der Waals surface area contributed by atoms with E-state index in [1.54, 1.807) is 6.92 Å². The van der Waals surface area contributed by atoms with Crippen LogP contribution in [0.1, 0.15) is 60.7 Å². The van der Waals surface area contributed by atoms with Gasteiger partial charge in [0.25, 0.3) is 6.43 Å². The second-order valence-corrected chi connectivity index (χ2v) is 8.63. The van der Waals surface area contributed by atoms with Crippen molar-refractivity contribution >= 4 is 16.9 Å². The van der Waals surface area contributed by atoms with Crippen LogP contribution in [-0.4, -0.2) is 25.2 Å². The number of alkyl halides is 2. The minimum Gasteiger partial charge on any atom is -0.348 e. The third-order valence-electron chi connectivity index (χ3n) is 6.10. The molecule has 33 heavy (non-hydrogen) atoms. The smallest absolute Gasteiger partial charge is 0.264 e. The van der Waals surface area contributed by atoms with Crippen LogP contribution in [0.4, 0.5) is 8.78 Å². The number of carbonyl (C=O) groups excluding carboxylic acids is 1. The minimum atomic E-state index is -2.62. The molecule has 1 aliphatic carbocycles. The predicted octanol–water partition coefficient (Wildman–Crippen LogP) is 5.22. The summed E-state index contributed by atoms with van der Waals surface area (Å²) in [4.78, 5) is 17.5. The number of carbonyl (C=O) groups is 1. The molecule has 1 aromatic carbocycles. The summed E-state index contributed by atoms with van der Waals surface area (Å²) in [5.74, 6) is -0.0348. The zero-order valence-corrected chi connectivity index (χ0v) is 18.5. The molecule has 6 nitrogen and oxygen atoms in total. The summed E-state index contributed by atoms with van der Waals surface area (Å²) in [6.45, 7) is 3.50. The van der Waals surface area contributed by atoms with Crippen LogP contribution in [-0.2, 0) is 11.3 Å². The van der Waals surface area contributed by atoms with Gasteiger partial charge in [0.05, 0.1) is 17.1 Å². The summed E-state index contributed by atoms with van der Waals surface area (Å²) in [6.07, 6.45) is 3.21. The Morgan fingerprint density at radius 3 is 2.64 bits per heavy atom. The van der Waals surface area contributed by atoms with Gasteiger partial charge in [-0.05, 0) is 62.6 Å². The van der Waals surface area contributed by atoms with Crippen LogP contribution in [0, 0.1) is 6.92 Å². The van der Waals surface area contributed by atoms with Crippen molar-refractivity contribution < 1.29 is 13.6 Å². The highest BCUT2D eigenvalue weighted by molar-refractivity contribution is 5.85. The summed E-state index contributed by atoms with van der Waals surface area (Å²) in [5.41, 5.74) is 3.38. The first-order valence-electron chi connectivity index (χ1n) is 11.1. The molecule has 1 saturated carbocycles. The van der Waals surface area contributed by atoms with E-state index in [0.29, 0.717) is 22.4 Å². The summed E-state index contributed by atoms with van der Waals surface area (Å²) in [5, 5.41) is 7.71. The molecule has 4 aromatic rings. The highest BCUT2D eigenvalue weighted by Gasteiger charge is 2.29. The second-order valence-electron chi connectivity index (χ2n) is 8.63. The molecule has 5 rings (SSSR count). The van der Waals surface area contributed by atoms with E-state index >= 15 is 0 Å². The lowest BCUT2D eigenvalue weighted by Crippen LogP contribution is -2.30. The molecule has 0 radical (unpaired) electrons. The molecule has 0 aliphatic heterocycles. The number of benzene rings is 1. The van der Waals surface area contributed by atoms with E-state index in [2.05, 4.69) is 15.4 Å². The van der Waals surface area contributed by atoms with Gasteiger partial charge in [0.15, 0.2) is 5.65 Å². The highest BCUT2D eigenvalue weighted by atomic mass is 19.3. The molecule has 0 bridgehead atoms. The van der Waals surface area contributed by atoms with Gasteiger partial charge in [0.1, 0.15) is 6.54 Å². The number of aryl methyl sites for hydroxylation is 1. The number of hydrogen-bond acceptors (Lipinski definition) is 3. The van der Waals surface area contributed by atoms with Crippen LogP contribution in [0.15, 0.2) is 54.9 Å². The lowest BCUT2D eigenvalue weighted by Gasteiger charge is -2.16. The van der Waals surface area contributed by atoms with Crippen molar-refractivity contribution in [2.45, 2.75) is 51.6 Å². The van der Waals surface area contributed by atoms with Crippen LogP contribution in [0.2, 0.25) is 0 Å². The molecule has 1 fully saturated rings. The Balaban J connectivity index is 1.38. The van der Waals surface area contributed by atoms with Gasteiger partial charge in [-0.15, -0.1) is 0 Å². The number of rotatable bonds is 7. The van der Waals surface area contributed by atoms with Gasteiger partial charge in [-0.3, -0.25) is 4.79 Å². The van der Waals surface area contributed by atoms with E-state index in [4.69, 9.17) is 0 Å². The van der Waals surface area contributed by atoms with Gasteiger partial charge in [-0.25, -0.2) is 18.4 Å². The normalized spacial score (nSPS) is 14.7. The van der Waals surface area contributed by atoms with E-state index in [-0.39, 0.29) is 30.0 Å². The van der Waals surface area contributed by atoms with Gasteiger partial charge < -0.3 is 9.88 Å². The fraction of sp³-hybridized carbons (Fsp3) is 0.320.